The van der Waals surface area contributed by atoms with Gasteiger partial charge in [0.25, 0.3) is 0 Å². The Hall–Kier alpha value is -0.730. The largest absolute Gasteiger partial charge is 0.331 e. The number of carbonyl (C=O) groups is 1. The van der Waals surface area contributed by atoms with E-state index in [-0.39, 0.29) is 11.6 Å². The maximum absolute atomic E-state index is 11.7. The summed E-state index contributed by atoms with van der Waals surface area (Å²) in [6.45, 7) is 5.09. The molecule has 3 heteroatoms. The zero-order valence-corrected chi connectivity index (χ0v) is 9.18. The zero-order valence-electron chi connectivity index (χ0n) is 9.18. The summed E-state index contributed by atoms with van der Waals surface area (Å²) < 4.78 is 0. The highest BCUT2D eigenvalue weighted by Crippen LogP contribution is 2.32. The van der Waals surface area contributed by atoms with E-state index in [1.165, 1.54) is 32.1 Å². The molecule has 80 valence electrons. The van der Waals surface area contributed by atoms with E-state index in [9.17, 15) is 4.79 Å². The van der Waals surface area contributed by atoms with Gasteiger partial charge in [-0.1, -0.05) is 19.3 Å². The first-order chi connectivity index (χ1) is 6.63. The maximum atomic E-state index is 11.7. The van der Waals surface area contributed by atoms with Gasteiger partial charge in [0.1, 0.15) is 0 Å². The third kappa shape index (κ3) is 1.60. The van der Waals surface area contributed by atoms with E-state index in [1.807, 2.05) is 4.90 Å². The second kappa shape index (κ2) is 3.44. The number of amides is 2. The smallest absolute Gasteiger partial charge is 0.318 e. The Bertz CT molecular complexity index is 231. The molecular formula is C11H20N2O. The predicted molar refractivity (Wildman–Crippen MR) is 56.2 cm³/mol. The standard InChI is InChI=1S/C11H20N2O/c1-9(2)13-8-11(12-10(13)14)6-4-3-5-7-11/h9H,3-8H2,1-2H3,(H,12,14). The molecule has 14 heavy (non-hydrogen) atoms. The molecule has 1 aliphatic carbocycles. The third-order valence-electron chi connectivity index (χ3n) is 3.54. The molecule has 3 nitrogen and oxygen atoms in total. The van der Waals surface area contributed by atoms with Gasteiger partial charge in [-0.3, -0.25) is 0 Å². The summed E-state index contributed by atoms with van der Waals surface area (Å²) >= 11 is 0. The molecule has 1 heterocycles. The monoisotopic (exact) mass is 196 g/mol. The van der Waals surface area contributed by atoms with E-state index in [4.69, 9.17) is 0 Å². The molecule has 0 aromatic heterocycles. The van der Waals surface area contributed by atoms with Gasteiger partial charge in [0.05, 0.1) is 5.54 Å². The van der Waals surface area contributed by atoms with Gasteiger partial charge >= 0.3 is 6.03 Å². The zero-order chi connectivity index (χ0) is 10.2. The van der Waals surface area contributed by atoms with Crippen LogP contribution in [-0.2, 0) is 0 Å². The van der Waals surface area contributed by atoms with Gasteiger partial charge in [0.2, 0.25) is 0 Å². The van der Waals surface area contributed by atoms with Crippen molar-refractivity contribution in [3.05, 3.63) is 0 Å². The Labute approximate surface area is 85.8 Å². The molecule has 0 radical (unpaired) electrons. The van der Waals surface area contributed by atoms with E-state index in [2.05, 4.69) is 19.2 Å². The average Bonchev–Trinajstić information content (AvgIpc) is 2.44. The fourth-order valence-corrected chi connectivity index (χ4v) is 2.66. The molecule has 2 rings (SSSR count). The number of hydrogen-bond donors (Lipinski definition) is 1. The lowest BCUT2D eigenvalue weighted by Gasteiger charge is -2.32. The SMILES string of the molecule is CC(C)N1CC2(CCCCC2)NC1=O. The first kappa shape index (κ1) is 9.81. The minimum absolute atomic E-state index is 0.125. The Balaban J connectivity index is 2.07. The van der Waals surface area contributed by atoms with Gasteiger partial charge in [-0.25, -0.2) is 4.79 Å². The van der Waals surface area contributed by atoms with Gasteiger partial charge in [-0.2, -0.15) is 0 Å². The van der Waals surface area contributed by atoms with Crippen molar-refractivity contribution in [2.45, 2.75) is 57.5 Å². The van der Waals surface area contributed by atoms with Crippen molar-refractivity contribution in [2.24, 2.45) is 0 Å². The number of hydrogen-bond acceptors (Lipinski definition) is 1. The topological polar surface area (TPSA) is 32.3 Å². The molecule has 1 aliphatic heterocycles. The number of urea groups is 1. The minimum atomic E-state index is 0.125. The molecule has 0 atom stereocenters. The lowest BCUT2D eigenvalue weighted by atomic mass is 9.82. The molecule has 1 N–H and O–H groups in total. The fourth-order valence-electron chi connectivity index (χ4n) is 2.66. The van der Waals surface area contributed by atoms with Crippen LogP contribution in [0.1, 0.15) is 46.0 Å². The van der Waals surface area contributed by atoms with Crippen LogP contribution in [0, 0.1) is 0 Å². The van der Waals surface area contributed by atoms with E-state index >= 15 is 0 Å². The summed E-state index contributed by atoms with van der Waals surface area (Å²) in [5, 5.41) is 3.19. The summed E-state index contributed by atoms with van der Waals surface area (Å²) in [7, 11) is 0. The first-order valence-electron chi connectivity index (χ1n) is 5.72. The summed E-state index contributed by atoms with van der Waals surface area (Å²) in [4.78, 5) is 13.7. The summed E-state index contributed by atoms with van der Waals surface area (Å²) in [5.74, 6) is 0. The molecule has 0 bridgehead atoms. The molecular weight excluding hydrogens is 176 g/mol. The van der Waals surface area contributed by atoms with Crippen molar-refractivity contribution >= 4 is 6.03 Å². The average molecular weight is 196 g/mol. The molecule has 1 spiro atoms. The van der Waals surface area contributed by atoms with E-state index < -0.39 is 0 Å². The fraction of sp³-hybridized carbons (Fsp3) is 0.909. The molecule has 1 saturated carbocycles. The van der Waals surface area contributed by atoms with E-state index in [1.54, 1.807) is 0 Å². The predicted octanol–water partition coefficient (Wildman–Crippen LogP) is 2.12. The molecule has 0 aromatic rings. The van der Waals surface area contributed by atoms with Crippen LogP contribution >= 0.6 is 0 Å². The normalized spacial score (nSPS) is 25.9. The lowest BCUT2D eigenvalue weighted by molar-refractivity contribution is 0.202. The minimum Gasteiger partial charge on any atom is -0.331 e. The molecule has 0 aromatic carbocycles. The van der Waals surface area contributed by atoms with Crippen LogP contribution < -0.4 is 5.32 Å². The summed E-state index contributed by atoms with van der Waals surface area (Å²) in [6.07, 6.45) is 6.21. The molecule has 0 unspecified atom stereocenters. The Morgan fingerprint density at radius 2 is 1.93 bits per heavy atom. The highest BCUT2D eigenvalue weighted by atomic mass is 16.2. The second-order valence-electron chi connectivity index (χ2n) is 4.99. The number of nitrogens with one attached hydrogen (secondary N) is 1. The third-order valence-corrected chi connectivity index (χ3v) is 3.54. The number of nitrogens with zero attached hydrogens (tertiary/aromatic N) is 1. The van der Waals surface area contributed by atoms with Gasteiger partial charge in [0.15, 0.2) is 0 Å². The highest BCUT2D eigenvalue weighted by Gasteiger charge is 2.43. The number of rotatable bonds is 1. The van der Waals surface area contributed by atoms with Gasteiger partial charge in [-0.05, 0) is 26.7 Å². The summed E-state index contributed by atoms with van der Waals surface area (Å²) in [5.41, 5.74) is 0.125. The molecule has 1 saturated heterocycles. The maximum Gasteiger partial charge on any atom is 0.318 e. The Kier molecular flexibility index (Phi) is 2.41. The van der Waals surface area contributed by atoms with Crippen molar-refractivity contribution < 1.29 is 4.79 Å². The first-order valence-corrected chi connectivity index (χ1v) is 5.72. The molecule has 2 aliphatic rings. The van der Waals surface area contributed by atoms with E-state index in [0.29, 0.717) is 6.04 Å². The second-order valence-corrected chi connectivity index (χ2v) is 4.99. The highest BCUT2D eigenvalue weighted by molar-refractivity contribution is 5.78. The van der Waals surface area contributed by atoms with Crippen LogP contribution in [0.3, 0.4) is 0 Å². The summed E-state index contributed by atoms with van der Waals surface area (Å²) in [6, 6.07) is 0.471. The van der Waals surface area contributed by atoms with Crippen molar-refractivity contribution in [1.82, 2.24) is 10.2 Å². The van der Waals surface area contributed by atoms with Crippen molar-refractivity contribution in [3.63, 3.8) is 0 Å². The number of carbonyl (C=O) groups excluding carboxylic acids is 1. The van der Waals surface area contributed by atoms with Gasteiger partial charge < -0.3 is 10.2 Å². The molecule has 2 fully saturated rings. The van der Waals surface area contributed by atoms with Crippen molar-refractivity contribution in [1.29, 1.82) is 0 Å². The van der Waals surface area contributed by atoms with Gasteiger partial charge in [0, 0.05) is 12.6 Å². The lowest BCUT2D eigenvalue weighted by Crippen LogP contribution is -2.44. The van der Waals surface area contributed by atoms with E-state index in [0.717, 1.165) is 6.54 Å². The van der Waals surface area contributed by atoms with Crippen LogP contribution in [0.4, 0.5) is 4.79 Å². The van der Waals surface area contributed by atoms with Crippen LogP contribution in [0.25, 0.3) is 0 Å². The van der Waals surface area contributed by atoms with Crippen LogP contribution in [-0.4, -0.2) is 29.1 Å². The Morgan fingerprint density at radius 1 is 1.29 bits per heavy atom. The molecule has 2 amide bonds. The van der Waals surface area contributed by atoms with Crippen LogP contribution in [0.15, 0.2) is 0 Å². The van der Waals surface area contributed by atoms with Crippen molar-refractivity contribution in [3.8, 4) is 0 Å². The van der Waals surface area contributed by atoms with Crippen LogP contribution in [0.5, 0.6) is 0 Å². The van der Waals surface area contributed by atoms with Crippen LogP contribution in [0.2, 0.25) is 0 Å². The van der Waals surface area contributed by atoms with Gasteiger partial charge in [-0.15, -0.1) is 0 Å². The van der Waals surface area contributed by atoms with Crippen molar-refractivity contribution in [2.75, 3.05) is 6.54 Å². The Morgan fingerprint density at radius 3 is 2.43 bits per heavy atom. The quantitative estimate of drug-likeness (QED) is 0.684.